The Morgan fingerprint density at radius 1 is 1.04 bits per heavy atom. The quantitative estimate of drug-likeness (QED) is 0.460. The van der Waals surface area contributed by atoms with Crippen LogP contribution in [0.25, 0.3) is 0 Å². The molecule has 1 aliphatic rings. The Bertz CT molecular complexity index is 890. The minimum atomic E-state index is -1.17. The highest BCUT2D eigenvalue weighted by Gasteiger charge is 2.39. The lowest BCUT2D eigenvalue weighted by atomic mass is 9.82. The first-order valence-electron chi connectivity index (χ1n) is 8.37. The first-order chi connectivity index (χ1) is 12.2. The number of aliphatic imine (C=N–C) groups is 1. The van der Waals surface area contributed by atoms with Crippen LogP contribution in [0.4, 0.5) is 5.69 Å². The maximum absolute atomic E-state index is 13.3. The van der Waals surface area contributed by atoms with Gasteiger partial charge in [0.05, 0.1) is 4.92 Å². The van der Waals surface area contributed by atoms with Gasteiger partial charge in [0.2, 0.25) is 0 Å². The average Bonchev–Trinajstić information content (AvgIpc) is 3.11. The van der Waals surface area contributed by atoms with E-state index in [2.05, 4.69) is 25.8 Å². The molecule has 0 spiro atoms. The maximum Gasteiger partial charge on any atom is 0.269 e. The molecule has 132 valence electrons. The lowest BCUT2D eigenvalue weighted by Crippen LogP contribution is -2.30. The van der Waals surface area contributed by atoms with Gasteiger partial charge in [-0.05, 0) is 40.8 Å². The van der Waals surface area contributed by atoms with Crippen LogP contribution in [0, 0.1) is 10.1 Å². The van der Waals surface area contributed by atoms with Crippen molar-refractivity contribution in [3.05, 3.63) is 87.5 Å². The van der Waals surface area contributed by atoms with E-state index in [1.807, 2.05) is 24.3 Å². The molecule has 0 aliphatic carbocycles. The zero-order valence-corrected chi connectivity index (χ0v) is 15.0. The molecule has 5 heteroatoms. The fourth-order valence-corrected chi connectivity index (χ4v) is 3.00. The van der Waals surface area contributed by atoms with Crippen molar-refractivity contribution in [3.63, 3.8) is 0 Å². The van der Waals surface area contributed by atoms with Crippen LogP contribution in [0.15, 0.2) is 65.7 Å². The normalized spacial score (nSPS) is 18.9. The summed E-state index contributed by atoms with van der Waals surface area (Å²) in [6.07, 6.45) is 5.04. The second-order valence-corrected chi connectivity index (χ2v) is 7.36. The van der Waals surface area contributed by atoms with Gasteiger partial charge in [-0.15, -0.1) is 0 Å². The third kappa shape index (κ3) is 3.08. The summed E-state index contributed by atoms with van der Waals surface area (Å²) < 4.78 is 0. The first-order valence-corrected chi connectivity index (χ1v) is 8.37. The van der Waals surface area contributed by atoms with Gasteiger partial charge in [-0.2, -0.15) is 0 Å². The van der Waals surface area contributed by atoms with Crippen molar-refractivity contribution >= 4 is 17.7 Å². The molecule has 26 heavy (non-hydrogen) atoms. The second-order valence-electron chi connectivity index (χ2n) is 7.36. The molecule has 2 aromatic carbocycles. The molecule has 1 unspecified atom stereocenters. The highest BCUT2D eigenvalue weighted by atomic mass is 16.6. The lowest BCUT2D eigenvalue weighted by Gasteiger charge is -2.24. The van der Waals surface area contributed by atoms with Crippen molar-refractivity contribution in [2.24, 2.45) is 4.99 Å². The molecule has 2 aromatic rings. The fraction of sp³-hybridized carbons (Fsp3) is 0.238. The van der Waals surface area contributed by atoms with E-state index < -0.39 is 10.5 Å². The summed E-state index contributed by atoms with van der Waals surface area (Å²) in [5.74, 6) is -0.156. The summed E-state index contributed by atoms with van der Waals surface area (Å²) in [7, 11) is 0. The summed E-state index contributed by atoms with van der Waals surface area (Å²) >= 11 is 0. The number of hydrogen-bond donors (Lipinski definition) is 0. The van der Waals surface area contributed by atoms with Crippen LogP contribution in [-0.2, 0) is 11.0 Å². The smallest absolute Gasteiger partial charge is 0.269 e. The Morgan fingerprint density at radius 3 is 2.12 bits per heavy atom. The Balaban J connectivity index is 2.00. The van der Waals surface area contributed by atoms with Crippen LogP contribution in [-0.4, -0.2) is 16.9 Å². The standard InChI is InChI=1S/C21H20N2O3/c1-20(2,3)16-7-5-15(6-8-16)19(24)21(13-4-14-22-21)17-9-11-18(12-10-17)23(25)26/h4-14H,1-3H3. The molecule has 1 aliphatic heterocycles. The Labute approximate surface area is 152 Å². The molecule has 0 bridgehead atoms. The molecular weight excluding hydrogens is 328 g/mol. The van der Waals surface area contributed by atoms with E-state index in [1.165, 1.54) is 12.1 Å². The van der Waals surface area contributed by atoms with E-state index in [0.717, 1.165) is 5.56 Å². The maximum atomic E-state index is 13.3. The zero-order valence-electron chi connectivity index (χ0n) is 15.0. The number of carbonyl (C=O) groups excluding carboxylic acids is 1. The van der Waals surface area contributed by atoms with E-state index in [4.69, 9.17) is 0 Å². The van der Waals surface area contributed by atoms with E-state index in [-0.39, 0.29) is 16.9 Å². The van der Waals surface area contributed by atoms with Crippen LogP contribution in [0.5, 0.6) is 0 Å². The highest BCUT2D eigenvalue weighted by Crippen LogP contribution is 2.35. The van der Waals surface area contributed by atoms with Gasteiger partial charge < -0.3 is 0 Å². The summed E-state index contributed by atoms with van der Waals surface area (Å²) in [6, 6.07) is 13.5. The van der Waals surface area contributed by atoms with Gasteiger partial charge in [0.1, 0.15) is 0 Å². The van der Waals surface area contributed by atoms with Crippen LogP contribution in [0.1, 0.15) is 42.3 Å². The predicted octanol–water partition coefficient (Wildman–Crippen LogP) is 4.61. The monoisotopic (exact) mass is 348 g/mol. The molecule has 0 amide bonds. The number of allylic oxidation sites excluding steroid dienone is 1. The van der Waals surface area contributed by atoms with Crippen molar-refractivity contribution in [2.75, 3.05) is 0 Å². The number of hydrogen-bond acceptors (Lipinski definition) is 4. The number of rotatable bonds is 4. The predicted molar refractivity (Wildman–Crippen MR) is 102 cm³/mol. The zero-order chi connectivity index (χ0) is 18.9. The van der Waals surface area contributed by atoms with Crippen molar-refractivity contribution in [1.29, 1.82) is 0 Å². The van der Waals surface area contributed by atoms with Crippen LogP contribution in [0.3, 0.4) is 0 Å². The Hall–Kier alpha value is -3.08. The highest BCUT2D eigenvalue weighted by molar-refractivity contribution is 6.07. The third-order valence-corrected chi connectivity index (χ3v) is 4.58. The topological polar surface area (TPSA) is 72.6 Å². The lowest BCUT2D eigenvalue weighted by molar-refractivity contribution is -0.384. The Kier molecular flexibility index (Phi) is 4.32. The summed E-state index contributed by atoms with van der Waals surface area (Å²) in [5, 5.41) is 10.9. The molecular formula is C21H20N2O3. The number of nitrogens with zero attached hydrogens (tertiary/aromatic N) is 2. The SMILES string of the molecule is CC(C)(C)c1ccc(C(=O)C2(c3ccc([N+](=O)[O-])cc3)C=CC=N2)cc1. The van der Waals surface area contributed by atoms with Gasteiger partial charge in [0.15, 0.2) is 11.3 Å². The van der Waals surface area contributed by atoms with Crippen molar-refractivity contribution < 1.29 is 9.72 Å². The van der Waals surface area contributed by atoms with Crippen molar-refractivity contribution in [2.45, 2.75) is 31.7 Å². The molecule has 0 N–H and O–H groups in total. The van der Waals surface area contributed by atoms with E-state index in [1.54, 1.807) is 30.5 Å². The number of nitro groups is 1. The van der Waals surface area contributed by atoms with Crippen LogP contribution in [0.2, 0.25) is 0 Å². The summed E-state index contributed by atoms with van der Waals surface area (Å²) in [4.78, 5) is 28.1. The average molecular weight is 348 g/mol. The number of Topliss-reactive ketones (excluding diaryl/α,β-unsaturated/α-hetero) is 1. The molecule has 0 saturated carbocycles. The molecule has 3 rings (SSSR count). The number of ketones is 1. The van der Waals surface area contributed by atoms with Crippen LogP contribution < -0.4 is 0 Å². The van der Waals surface area contributed by atoms with Gasteiger partial charge in [-0.1, -0.05) is 45.0 Å². The van der Waals surface area contributed by atoms with E-state index in [0.29, 0.717) is 11.1 Å². The molecule has 0 fully saturated rings. The van der Waals surface area contributed by atoms with Gasteiger partial charge in [0.25, 0.3) is 5.69 Å². The molecule has 5 nitrogen and oxygen atoms in total. The first kappa shape index (κ1) is 17.7. The number of benzene rings is 2. The largest absolute Gasteiger partial charge is 0.291 e. The van der Waals surface area contributed by atoms with Gasteiger partial charge in [0, 0.05) is 23.9 Å². The third-order valence-electron chi connectivity index (χ3n) is 4.58. The molecule has 0 saturated heterocycles. The van der Waals surface area contributed by atoms with Gasteiger partial charge in [-0.25, -0.2) is 0 Å². The van der Waals surface area contributed by atoms with E-state index >= 15 is 0 Å². The fourth-order valence-electron chi connectivity index (χ4n) is 3.00. The molecule has 0 aromatic heterocycles. The van der Waals surface area contributed by atoms with Gasteiger partial charge in [-0.3, -0.25) is 19.9 Å². The minimum absolute atomic E-state index is 0.00302. The van der Waals surface area contributed by atoms with E-state index in [9.17, 15) is 14.9 Å². The minimum Gasteiger partial charge on any atom is -0.291 e. The summed E-state index contributed by atoms with van der Waals surface area (Å²) in [5.41, 5.74) is 1.13. The molecule has 1 heterocycles. The number of carbonyl (C=O) groups is 1. The summed E-state index contributed by atoms with van der Waals surface area (Å²) in [6.45, 7) is 6.35. The number of nitro benzene ring substituents is 1. The second kappa shape index (κ2) is 6.33. The Morgan fingerprint density at radius 2 is 1.65 bits per heavy atom. The van der Waals surface area contributed by atoms with Crippen LogP contribution >= 0.6 is 0 Å². The van der Waals surface area contributed by atoms with Gasteiger partial charge >= 0.3 is 0 Å². The number of non-ortho nitro benzene ring substituents is 1. The molecule has 0 radical (unpaired) electrons. The van der Waals surface area contributed by atoms with Crippen molar-refractivity contribution in [1.82, 2.24) is 0 Å². The molecule has 1 atom stereocenters. The van der Waals surface area contributed by atoms with Crippen molar-refractivity contribution in [3.8, 4) is 0 Å².